The van der Waals surface area contributed by atoms with Crippen molar-refractivity contribution >= 4 is 40.7 Å². The average Bonchev–Trinajstić information content (AvgIpc) is 3.25. The Morgan fingerprint density at radius 3 is 2.58 bits per heavy atom. The largest absolute Gasteiger partial charge is 0.495 e. The van der Waals surface area contributed by atoms with Crippen molar-refractivity contribution in [2.24, 2.45) is 0 Å². The van der Waals surface area contributed by atoms with Gasteiger partial charge in [0.2, 0.25) is 0 Å². The van der Waals surface area contributed by atoms with Gasteiger partial charge in [0.05, 0.1) is 43.0 Å². The second kappa shape index (κ2) is 9.61. The maximum Gasteiger partial charge on any atom is 0.418 e. The zero-order valence-electron chi connectivity index (χ0n) is 20.1. The molecule has 2 fully saturated rings. The summed E-state index contributed by atoms with van der Waals surface area (Å²) < 4.78 is 65.1. The van der Waals surface area contributed by atoms with Crippen molar-refractivity contribution in [1.29, 1.82) is 0 Å². The SMILES string of the molecule is CCNc1cc(Nc2ccc(P3(=O)CCN(C4COC4)CC3)cc2OC)nc2[nH]cc(C(F)(F)F)c12. The van der Waals surface area contributed by atoms with E-state index in [-0.39, 0.29) is 11.0 Å². The highest BCUT2D eigenvalue weighted by atomic mass is 31.2. The minimum Gasteiger partial charge on any atom is -0.495 e. The van der Waals surface area contributed by atoms with Crippen molar-refractivity contribution in [2.75, 3.05) is 62.9 Å². The van der Waals surface area contributed by atoms with Gasteiger partial charge in [0.1, 0.15) is 24.4 Å². The number of H-pyrrole nitrogens is 1. The molecule has 5 rings (SSSR count). The number of nitrogens with one attached hydrogen (secondary N) is 3. The van der Waals surface area contributed by atoms with Crippen LogP contribution in [-0.2, 0) is 15.5 Å². The fraction of sp³-hybridized carbons (Fsp3) is 0.458. The lowest BCUT2D eigenvalue weighted by Crippen LogP contribution is -2.52. The van der Waals surface area contributed by atoms with Gasteiger partial charge in [-0.25, -0.2) is 4.98 Å². The van der Waals surface area contributed by atoms with Crippen LogP contribution in [0.25, 0.3) is 11.0 Å². The number of fused-ring (bicyclic) bond motifs is 1. The highest BCUT2D eigenvalue weighted by Crippen LogP contribution is 2.48. The third-order valence-electron chi connectivity index (χ3n) is 6.87. The standard InChI is InChI=1S/C24H29F3N5O3P/c1-3-28-19-11-21(31-23-22(19)17(12-29-23)24(25,26)27)30-18-5-4-16(10-20(18)34-2)36(33)8-6-32(7-9-36)15-13-35-14-15/h4-5,10-12,15H,3,6-9,13-14H2,1-2H3,(H3,28,29,30,31). The molecule has 3 N–H and O–H groups in total. The van der Waals surface area contributed by atoms with E-state index >= 15 is 0 Å². The van der Waals surface area contributed by atoms with Crippen molar-refractivity contribution in [2.45, 2.75) is 19.1 Å². The Bertz CT molecular complexity index is 1300. The lowest BCUT2D eigenvalue weighted by Gasteiger charge is -2.41. The summed E-state index contributed by atoms with van der Waals surface area (Å²) in [5.41, 5.74) is 0.249. The number of rotatable bonds is 7. The second-order valence-electron chi connectivity index (χ2n) is 9.08. The molecule has 4 heterocycles. The van der Waals surface area contributed by atoms with Crippen LogP contribution in [0, 0.1) is 0 Å². The van der Waals surface area contributed by atoms with Crippen molar-refractivity contribution in [3.05, 3.63) is 36.0 Å². The molecule has 0 spiro atoms. The lowest BCUT2D eigenvalue weighted by molar-refractivity contribution is -0.136. The van der Waals surface area contributed by atoms with Crippen LogP contribution in [0.15, 0.2) is 30.5 Å². The van der Waals surface area contributed by atoms with Gasteiger partial charge in [-0.2, -0.15) is 13.2 Å². The van der Waals surface area contributed by atoms with E-state index < -0.39 is 18.9 Å². The molecule has 36 heavy (non-hydrogen) atoms. The molecular formula is C24H29F3N5O3P. The van der Waals surface area contributed by atoms with Crippen LogP contribution in [-0.4, -0.2) is 73.2 Å². The molecule has 12 heteroatoms. The number of nitrogens with zero attached hydrogens (tertiary/aromatic N) is 2. The van der Waals surface area contributed by atoms with Gasteiger partial charge < -0.3 is 29.7 Å². The predicted molar refractivity (Wildman–Crippen MR) is 135 cm³/mol. The monoisotopic (exact) mass is 523 g/mol. The quantitative estimate of drug-likeness (QED) is 0.394. The lowest BCUT2D eigenvalue weighted by atomic mass is 10.1. The van der Waals surface area contributed by atoms with Crippen molar-refractivity contribution in [1.82, 2.24) is 14.9 Å². The van der Waals surface area contributed by atoms with E-state index in [4.69, 9.17) is 9.47 Å². The molecule has 0 amide bonds. The Morgan fingerprint density at radius 1 is 1.22 bits per heavy atom. The van der Waals surface area contributed by atoms with Crippen molar-refractivity contribution in [3.8, 4) is 5.75 Å². The molecule has 0 bridgehead atoms. The average molecular weight is 523 g/mol. The van der Waals surface area contributed by atoms with Crippen LogP contribution in [0.3, 0.4) is 0 Å². The van der Waals surface area contributed by atoms with Crippen LogP contribution >= 0.6 is 7.14 Å². The van der Waals surface area contributed by atoms with Crippen LogP contribution in [0.5, 0.6) is 5.75 Å². The summed E-state index contributed by atoms with van der Waals surface area (Å²) in [4.78, 5) is 9.34. The fourth-order valence-electron chi connectivity index (χ4n) is 4.79. The molecule has 2 aliphatic heterocycles. The molecule has 2 aromatic heterocycles. The first-order valence-electron chi connectivity index (χ1n) is 11.9. The van der Waals surface area contributed by atoms with Gasteiger partial charge in [0.15, 0.2) is 0 Å². The normalized spacial score (nSPS) is 18.7. The van der Waals surface area contributed by atoms with Crippen LogP contribution in [0.1, 0.15) is 12.5 Å². The zero-order chi connectivity index (χ0) is 25.5. The molecule has 2 saturated heterocycles. The van der Waals surface area contributed by atoms with Crippen LogP contribution in [0.4, 0.5) is 30.4 Å². The summed E-state index contributed by atoms with van der Waals surface area (Å²) in [7, 11) is -1.03. The molecule has 0 radical (unpaired) electrons. The molecule has 1 aromatic carbocycles. The zero-order valence-corrected chi connectivity index (χ0v) is 21.0. The second-order valence-corrected chi connectivity index (χ2v) is 12.3. The number of aromatic nitrogens is 2. The summed E-state index contributed by atoms with van der Waals surface area (Å²) in [6.07, 6.45) is -2.36. The number of aromatic amines is 1. The fourth-order valence-corrected chi connectivity index (χ4v) is 7.39. The third kappa shape index (κ3) is 4.67. The summed E-state index contributed by atoms with van der Waals surface area (Å²) in [6, 6.07) is 7.40. The van der Waals surface area contributed by atoms with E-state index in [0.29, 0.717) is 47.9 Å². The number of alkyl halides is 3. The van der Waals surface area contributed by atoms with E-state index in [1.165, 1.54) is 7.11 Å². The van der Waals surface area contributed by atoms with Gasteiger partial charge in [-0.15, -0.1) is 0 Å². The van der Waals surface area contributed by atoms with Gasteiger partial charge in [-0.1, -0.05) is 0 Å². The number of hydrogen-bond donors (Lipinski definition) is 3. The molecule has 8 nitrogen and oxygen atoms in total. The van der Waals surface area contributed by atoms with Gasteiger partial charge in [-0.3, -0.25) is 4.90 Å². The Balaban J connectivity index is 1.40. The molecule has 0 atom stereocenters. The Labute approximate surface area is 206 Å². The van der Waals surface area contributed by atoms with Gasteiger partial charge in [-0.05, 0) is 25.1 Å². The number of benzene rings is 1. The molecule has 3 aromatic rings. The third-order valence-corrected chi connectivity index (χ3v) is 9.93. The summed E-state index contributed by atoms with van der Waals surface area (Å²) in [6.45, 7) is 5.30. The number of pyridine rings is 1. The highest BCUT2D eigenvalue weighted by molar-refractivity contribution is 7.71. The maximum atomic E-state index is 13.7. The summed E-state index contributed by atoms with van der Waals surface area (Å²) >= 11 is 0. The first kappa shape index (κ1) is 24.9. The number of methoxy groups -OCH3 is 1. The van der Waals surface area contributed by atoms with Gasteiger partial charge in [0, 0.05) is 55.2 Å². The first-order valence-corrected chi connectivity index (χ1v) is 14.0. The maximum absolute atomic E-state index is 13.7. The Morgan fingerprint density at radius 2 is 1.97 bits per heavy atom. The van der Waals surface area contributed by atoms with E-state index in [2.05, 4.69) is 25.5 Å². The van der Waals surface area contributed by atoms with Crippen LogP contribution < -0.4 is 20.7 Å². The van der Waals surface area contributed by atoms with E-state index in [1.807, 2.05) is 13.0 Å². The molecule has 0 unspecified atom stereocenters. The van der Waals surface area contributed by atoms with E-state index in [1.54, 1.807) is 18.2 Å². The predicted octanol–water partition coefficient (Wildman–Crippen LogP) is 4.47. The molecule has 2 aliphatic rings. The highest BCUT2D eigenvalue weighted by Gasteiger charge is 2.36. The molecule has 0 saturated carbocycles. The Hall–Kier alpha value is -2.75. The molecular weight excluding hydrogens is 494 g/mol. The van der Waals surface area contributed by atoms with Crippen molar-refractivity contribution in [3.63, 3.8) is 0 Å². The number of ether oxygens (including phenoxy) is 2. The molecule has 0 aliphatic carbocycles. The number of anilines is 3. The van der Waals surface area contributed by atoms with Crippen LogP contribution in [0.2, 0.25) is 0 Å². The van der Waals surface area contributed by atoms with E-state index in [9.17, 15) is 17.7 Å². The minimum absolute atomic E-state index is 0.00452. The summed E-state index contributed by atoms with van der Waals surface area (Å²) in [5, 5.41) is 6.92. The Kier molecular flexibility index (Phi) is 6.65. The van der Waals surface area contributed by atoms with Gasteiger partial charge >= 0.3 is 6.18 Å². The smallest absolute Gasteiger partial charge is 0.418 e. The first-order chi connectivity index (χ1) is 17.2. The topological polar surface area (TPSA) is 91.5 Å². The number of halogens is 3. The minimum atomic E-state index is -4.50. The van der Waals surface area contributed by atoms with E-state index in [0.717, 1.165) is 37.8 Å². The number of hydrogen-bond acceptors (Lipinski definition) is 7. The molecule has 194 valence electrons. The van der Waals surface area contributed by atoms with Gasteiger partial charge in [0.25, 0.3) is 0 Å². The van der Waals surface area contributed by atoms with Crippen molar-refractivity contribution < 1.29 is 27.2 Å². The summed E-state index contributed by atoms with van der Waals surface area (Å²) in [5.74, 6) is 0.842.